The summed E-state index contributed by atoms with van der Waals surface area (Å²) in [6.07, 6.45) is 0. The number of ether oxygens (including phenoxy) is 1. The molecule has 0 unspecified atom stereocenters. The number of hydrogen-bond donors (Lipinski definition) is 0. The average Bonchev–Trinajstić information content (AvgIpc) is 3.16. The fourth-order valence-corrected chi connectivity index (χ4v) is 3.19. The van der Waals surface area contributed by atoms with E-state index in [0.717, 1.165) is 15.8 Å². The number of Topliss-reactive ketones (excluding diaryl/α,β-unsaturated/α-hetero) is 1. The quantitative estimate of drug-likeness (QED) is 0.467. The number of carbonyl (C=O) groups is 1. The number of para-hydroxylation sites is 1. The van der Waals surface area contributed by atoms with E-state index < -0.39 is 0 Å². The molecule has 4 rings (SSSR count). The number of hydrogen-bond acceptors (Lipinski definition) is 5. The van der Waals surface area contributed by atoms with E-state index >= 15 is 0 Å². The number of nitrogens with zero attached hydrogens (tertiary/aromatic N) is 2. The van der Waals surface area contributed by atoms with Gasteiger partial charge in [0.2, 0.25) is 5.88 Å². The highest BCUT2D eigenvalue weighted by atomic mass is 32.1. The lowest BCUT2D eigenvalue weighted by Crippen LogP contribution is -1.96. The van der Waals surface area contributed by atoms with Gasteiger partial charge in [-0.1, -0.05) is 30.3 Å². The van der Waals surface area contributed by atoms with Crippen LogP contribution in [0.3, 0.4) is 0 Å². The maximum atomic E-state index is 11.6. The maximum Gasteiger partial charge on any atom is 0.230 e. The molecule has 0 fully saturated rings. The zero-order valence-electron chi connectivity index (χ0n) is 13.5. The number of carbonyl (C=O) groups excluding carboxylic acids is 1. The molecule has 0 radical (unpaired) electrons. The Labute approximate surface area is 148 Å². The van der Waals surface area contributed by atoms with Crippen molar-refractivity contribution in [2.24, 2.45) is 0 Å². The van der Waals surface area contributed by atoms with Gasteiger partial charge in [-0.25, -0.2) is 4.98 Å². The van der Waals surface area contributed by atoms with Crippen LogP contribution >= 0.6 is 11.3 Å². The number of aromatic nitrogens is 2. The molecule has 0 saturated heterocycles. The molecule has 25 heavy (non-hydrogen) atoms. The van der Waals surface area contributed by atoms with Crippen molar-refractivity contribution in [1.29, 1.82) is 0 Å². The van der Waals surface area contributed by atoms with Crippen LogP contribution in [0.5, 0.6) is 11.6 Å². The van der Waals surface area contributed by atoms with Crippen molar-refractivity contribution >= 4 is 28.0 Å². The topological polar surface area (TPSA) is 52.1 Å². The molecule has 0 atom stereocenters. The molecular formula is C20H14N2O2S. The zero-order chi connectivity index (χ0) is 17.2. The SMILES string of the molecule is CC(=O)c1cccc(Oc2nc(-c3cccs3)nc3ccccc23)c1. The van der Waals surface area contributed by atoms with Crippen molar-refractivity contribution < 1.29 is 9.53 Å². The van der Waals surface area contributed by atoms with Gasteiger partial charge >= 0.3 is 0 Å². The van der Waals surface area contributed by atoms with Crippen LogP contribution < -0.4 is 4.74 Å². The van der Waals surface area contributed by atoms with Crippen molar-refractivity contribution in [2.75, 3.05) is 0 Å². The second-order valence-electron chi connectivity index (χ2n) is 5.53. The molecule has 0 spiro atoms. The van der Waals surface area contributed by atoms with Gasteiger partial charge in [0.1, 0.15) is 5.75 Å². The minimum atomic E-state index is -0.00253. The summed E-state index contributed by atoms with van der Waals surface area (Å²) in [5.74, 6) is 1.69. The van der Waals surface area contributed by atoms with Crippen molar-refractivity contribution in [3.05, 3.63) is 71.6 Å². The third kappa shape index (κ3) is 3.14. The number of fused-ring (bicyclic) bond motifs is 1. The van der Waals surface area contributed by atoms with Gasteiger partial charge in [-0.15, -0.1) is 11.3 Å². The molecule has 2 heterocycles. The molecule has 4 aromatic rings. The minimum absolute atomic E-state index is 0.00253. The lowest BCUT2D eigenvalue weighted by molar-refractivity contribution is 0.101. The Bertz CT molecular complexity index is 1060. The van der Waals surface area contributed by atoms with Gasteiger partial charge in [-0.3, -0.25) is 4.79 Å². The van der Waals surface area contributed by atoms with E-state index in [2.05, 4.69) is 9.97 Å². The van der Waals surface area contributed by atoms with Crippen molar-refractivity contribution in [2.45, 2.75) is 6.92 Å². The van der Waals surface area contributed by atoms with Gasteiger partial charge in [0.25, 0.3) is 0 Å². The first-order chi connectivity index (χ1) is 12.2. The molecule has 122 valence electrons. The van der Waals surface area contributed by atoms with E-state index in [1.807, 2.05) is 47.8 Å². The van der Waals surface area contributed by atoms with Gasteiger partial charge in [-0.2, -0.15) is 4.98 Å². The van der Waals surface area contributed by atoms with Gasteiger partial charge < -0.3 is 4.74 Å². The molecule has 0 amide bonds. The summed E-state index contributed by atoms with van der Waals surface area (Å²) in [6, 6.07) is 18.8. The maximum absolute atomic E-state index is 11.6. The summed E-state index contributed by atoms with van der Waals surface area (Å²) >= 11 is 1.58. The Kier molecular flexibility index (Phi) is 3.99. The van der Waals surface area contributed by atoms with E-state index in [9.17, 15) is 4.79 Å². The first kappa shape index (κ1) is 15.5. The molecule has 0 N–H and O–H groups in total. The van der Waals surface area contributed by atoms with Gasteiger partial charge in [-0.05, 0) is 42.6 Å². The number of thiophene rings is 1. The molecule has 0 aliphatic heterocycles. The van der Waals surface area contributed by atoms with E-state index in [1.165, 1.54) is 6.92 Å². The number of ketones is 1. The first-order valence-corrected chi connectivity index (χ1v) is 8.68. The lowest BCUT2D eigenvalue weighted by atomic mass is 10.1. The Hall–Kier alpha value is -3.05. The highest BCUT2D eigenvalue weighted by Gasteiger charge is 2.12. The molecule has 0 aliphatic carbocycles. The van der Waals surface area contributed by atoms with Gasteiger partial charge in [0.15, 0.2) is 11.6 Å². The fraction of sp³-hybridized carbons (Fsp3) is 0.0500. The molecule has 0 aliphatic rings. The fourth-order valence-electron chi connectivity index (χ4n) is 2.53. The summed E-state index contributed by atoms with van der Waals surface area (Å²) in [5.41, 5.74) is 1.42. The summed E-state index contributed by atoms with van der Waals surface area (Å²) < 4.78 is 6.02. The van der Waals surface area contributed by atoms with Crippen LogP contribution in [-0.4, -0.2) is 15.8 Å². The van der Waals surface area contributed by atoms with E-state index in [4.69, 9.17) is 4.74 Å². The predicted molar refractivity (Wildman–Crippen MR) is 99.4 cm³/mol. The third-order valence-corrected chi connectivity index (χ3v) is 4.63. The van der Waals surface area contributed by atoms with Gasteiger partial charge in [0.05, 0.1) is 15.8 Å². The van der Waals surface area contributed by atoms with Gasteiger partial charge in [0, 0.05) is 5.56 Å². The predicted octanol–water partition coefficient (Wildman–Crippen LogP) is 5.35. The Balaban J connectivity index is 1.83. The van der Waals surface area contributed by atoms with Crippen LogP contribution in [0.15, 0.2) is 66.0 Å². The Morgan fingerprint density at radius 1 is 1.00 bits per heavy atom. The summed E-state index contributed by atoms with van der Waals surface area (Å²) in [6.45, 7) is 1.54. The van der Waals surface area contributed by atoms with E-state index in [-0.39, 0.29) is 5.78 Å². The van der Waals surface area contributed by atoms with Crippen LogP contribution in [0, 0.1) is 0 Å². The van der Waals surface area contributed by atoms with Crippen molar-refractivity contribution in [1.82, 2.24) is 9.97 Å². The van der Waals surface area contributed by atoms with Crippen LogP contribution in [0.25, 0.3) is 21.6 Å². The van der Waals surface area contributed by atoms with Crippen LogP contribution in [0.1, 0.15) is 17.3 Å². The first-order valence-electron chi connectivity index (χ1n) is 7.80. The molecule has 5 heteroatoms. The molecule has 4 nitrogen and oxygen atoms in total. The second kappa shape index (κ2) is 6.45. The normalized spacial score (nSPS) is 10.8. The van der Waals surface area contributed by atoms with Crippen LogP contribution in [-0.2, 0) is 0 Å². The van der Waals surface area contributed by atoms with E-state index in [1.54, 1.807) is 29.5 Å². The number of rotatable bonds is 4. The highest BCUT2D eigenvalue weighted by Crippen LogP contribution is 2.31. The molecule has 0 saturated carbocycles. The number of benzene rings is 2. The summed E-state index contributed by atoms with van der Waals surface area (Å²) in [7, 11) is 0. The summed E-state index contributed by atoms with van der Waals surface area (Å²) in [5, 5.41) is 2.82. The minimum Gasteiger partial charge on any atom is -0.438 e. The molecule has 0 bridgehead atoms. The third-order valence-electron chi connectivity index (χ3n) is 3.76. The second-order valence-corrected chi connectivity index (χ2v) is 6.48. The van der Waals surface area contributed by atoms with E-state index in [0.29, 0.717) is 23.0 Å². The lowest BCUT2D eigenvalue weighted by Gasteiger charge is -2.10. The smallest absolute Gasteiger partial charge is 0.230 e. The average molecular weight is 346 g/mol. The largest absolute Gasteiger partial charge is 0.438 e. The molecular weight excluding hydrogens is 332 g/mol. The van der Waals surface area contributed by atoms with Crippen LogP contribution in [0.4, 0.5) is 0 Å². The Morgan fingerprint density at radius 3 is 2.68 bits per heavy atom. The molecule has 2 aromatic carbocycles. The Morgan fingerprint density at radius 2 is 1.88 bits per heavy atom. The zero-order valence-corrected chi connectivity index (χ0v) is 14.3. The monoisotopic (exact) mass is 346 g/mol. The van der Waals surface area contributed by atoms with Crippen LogP contribution in [0.2, 0.25) is 0 Å². The molecule has 2 aromatic heterocycles. The standard InChI is InChI=1S/C20H14N2O2S/c1-13(23)14-6-4-7-15(12-14)24-20-16-8-2-3-9-17(16)21-19(22-20)18-10-5-11-25-18/h2-12H,1H3. The van der Waals surface area contributed by atoms with Crippen molar-refractivity contribution in [3.63, 3.8) is 0 Å². The van der Waals surface area contributed by atoms with Crippen molar-refractivity contribution in [3.8, 4) is 22.3 Å². The highest BCUT2D eigenvalue weighted by molar-refractivity contribution is 7.13. The summed E-state index contributed by atoms with van der Waals surface area (Å²) in [4.78, 5) is 21.8.